The molecular weight excluding hydrogens is 396 g/mol. The number of rotatable bonds is 8. The lowest BCUT2D eigenvalue weighted by Crippen LogP contribution is -2.44. The number of carbonyl (C=O) groups is 2. The molecule has 0 spiro atoms. The number of carbonyl (C=O) groups excluding carboxylic acids is 2. The number of benzene rings is 2. The summed E-state index contributed by atoms with van der Waals surface area (Å²) in [5.41, 5.74) is 2.92. The second-order valence-electron chi connectivity index (χ2n) is 8.08. The molecule has 6 heteroatoms. The highest BCUT2D eigenvalue weighted by atomic mass is 16.5. The van der Waals surface area contributed by atoms with E-state index in [1.54, 1.807) is 14.2 Å². The minimum Gasteiger partial charge on any atom is -0.493 e. The minimum absolute atomic E-state index is 0.163. The Labute approximate surface area is 182 Å². The summed E-state index contributed by atoms with van der Waals surface area (Å²) in [6.45, 7) is 2.36. The predicted octanol–water partition coefficient (Wildman–Crippen LogP) is 4.61. The number of ether oxygens (including phenoxy) is 4. The van der Waals surface area contributed by atoms with Crippen LogP contribution in [0.1, 0.15) is 48.5 Å². The molecule has 0 radical (unpaired) electrons. The van der Waals surface area contributed by atoms with Crippen LogP contribution < -0.4 is 14.2 Å². The molecule has 6 nitrogen and oxygen atoms in total. The molecule has 2 aliphatic carbocycles. The highest BCUT2D eigenvalue weighted by Crippen LogP contribution is 2.49. The maximum absolute atomic E-state index is 12.6. The van der Waals surface area contributed by atoms with Crippen molar-refractivity contribution in [1.29, 1.82) is 0 Å². The first-order valence-electron chi connectivity index (χ1n) is 10.7. The Morgan fingerprint density at radius 1 is 0.968 bits per heavy atom. The normalized spacial score (nSPS) is 16.3. The third kappa shape index (κ3) is 3.64. The van der Waals surface area contributed by atoms with Gasteiger partial charge in [-0.3, -0.25) is 9.59 Å². The van der Waals surface area contributed by atoms with E-state index in [2.05, 4.69) is 0 Å². The van der Waals surface area contributed by atoms with Crippen LogP contribution in [0.4, 0.5) is 0 Å². The Bertz CT molecular complexity index is 1010. The Kier molecular flexibility index (Phi) is 5.90. The van der Waals surface area contributed by atoms with E-state index in [-0.39, 0.29) is 18.4 Å². The van der Waals surface area contributed by atoms with Crippen molar-refractivity contribution in [3.63, 3.8) is 0 Å². The molecule has 1 fully saturated rings. The summed E-state index contributed by atoms with van der Waals surface area (Å²) in [5.74, 6) is 1.49. The average Bonchev–Trinajstić information content (AvgIpc) is 3.13. The van der Waals surface area contributed by atoms with Gasteiger partial charge in [-0.2, -0.15) is 0 Å². The monoisotopic (exact) mass is 424 g/mol. The molecule has 2 aromatic carbocycles. The van der Waals surface area contributed by atoms with Gasteiger partial charge in [0.2, 0.25) is 5.75 Å². The number of ketones is 1. The van der Waals surface area contributed by atoms with Gasteiger partial charge in [-0.25, -0.2) is 0 Å². The zero-order chi connectivity index (χ0) is 22.0. The fraction of sp³-hybridized carbons (Fsp3) is 0.440. The summed E-state index contributed by atoms with van der Waals surface area (Å²) < 4.78 is 22.8. The van der Waals surface area contributed by atoms with Crippen molar-refractivity contribution in [2.75, 3.05) is 27.4 Å². The Morgan fingerprint density at radius 3 is 2.39 bits per heavy atom. The van der Waals surface area contributed by atoms with E-state index in [1.807, 2.05) is 37.3 Å². The Morgan fingerprint density at radius 2 is 1.74 bits per heavy atom. The zero-order valence-electron chi connectivity index (χ0n) is 18.3. The molecule has 4 rings (SSSR count). The van der Waals surface area contributed by atoms with Gasteiger partial charge in [-0.15, -0.1) is 0 Å². The molecule has 0 aromatic heterocycles. The maximum Gasteiger partial charge on any atom is 0.315 e. The van der Waals surface area contributed by atoms with Crippen LogP contribution in [0, 0.1) is 5.41 Å². The van der Waals surface area contributed by atoms with E-state index in [1.165, 1.54) is 0 Å². The van der Waals surface area contributed by atoms with E-state index >= 15 is 0 Å². The minimum atomic E-state index is -0.629. The van der Waals surface area contributed by atoms with Crippen LogP contribution in [0.3, 0.4) is 0 Å². The molecule has 0 bridgehead atoms. The van der Waals surface area contributed by atoms with E-state index in [0.717, 1.165) is 41.5 Å². The van der Waals surface area contributed by atoms with Crippen molar-refractivity contribution in [1.82, 2.24) is 0 Å². The van der Waals surface area contributed by atoms with E-state index < -0.39 is 5.41 Å². The van der Waals surface area contributed by atoms with Gasteiger partial charge in [0.15, 0.2) is 17.3 Å². The number of fused-ring (bicyclic) bond motifs is 1. The van der Waals surface area contributed by atoms with Crippen molar-refractivity contribution in [3.05, 3.63) is 41.5 Å². The summed E-state index contributed by atoms with van der Waals surface area (Å²) in [6, 6.07) is 9.52. The summed E-state index contributed by atoms with van der Waals surface area (Å²) in [7, 11) is 3.14. The predicted molar refractivity (Wildman–Crippen MR) is 116 cm³/mol. The van der Waals surface area contributed by atoms with Gasteiger partial charge in [0, 0.05) is 17.5 Å². The molecule has 2 aromatic rings. The van der Waals surface area contributed by atoms with Gasteiger partial charge >= 0.3 is 5.97 Å². The molecule has 0 heterocycles. The maximum atomic E-state index is 12.6. The van der Waals surface area contributed by atoms with Crippen LogP contribution in [0.5, 0.6) is 17.2 Å². The molecule has 164 valence electrons. The standard InChI is InChI=1S/C25H28O6/c1-4-30-24(27)25(13-6-14-25)15-31-22-19(10-12-21(28-2)23(22)29-3)16-7-5-8-18-17(16)9-11-20(18)26/h5,7-8,10,12H,4,6,9,11,13-15H2,1-3H3. The number of hydrogen-bond acceptors (Lipinski definition) is 6. The average molecular weight is 424 g/mol. The first kappa shape index (κ1) is 21.2. The highest BCUT2D eigenvalue weighted by molar-refractivity contribution is 6.02. The van der Waals surface area contributed by atoms with Crippen LogP contribution in [-0.2, 0) is 16.0 Å². The van der Waals surface area contributed by atoms with Crippen LogP contribution in [0.2, 0.25) is 0 Å². The lowest BCUT2D eigenvalue weighted by Gasteiger charge is -2.38. The fourth-order valence-electron chi connectivity index (χ4n) is 4.50. The first-order valence-corrected chi connectivity index (χ1v) is 10.7. The van der Waals surface area contributed by atoms with Gasteiger partial charge in [0.1, 0.15) is 12.0 Å². The van der Waals surface area contributed by atoms with E-state index in [9.17, 15) is 9.59 Å². The van der Waals surface area contributed by atoms with Gasteiger partial charge < -0.3 is 18.9 Å². The molecule has 0 N–H and O–H groups in total. The van der Waals surface area contributed by atoms with Crippen LogP contribution >= 0.6 is 0 Å². The van der Waals surface area contributed by atoms with Crippen molar-refractivity contribution in [3.8, 4) is 28.4 Å². The third-order valence-electron chi connectivity index (χ3n) is 6.38. The Balaban J connectivity index is 1.76. The topological polar surface area (TPSA) is 71.1 Å². The second-order valence-corrected chi connectivity index (χ2v) is 8.08. The van der Waals surface area contributed by atoms with E-state index in [4.69, 9.17) is 18.9 Å². The number of esters is 1. The zero-order valence-corrected chi connectivity index (χ0v) is 18.3. The molecule has 0 saturated heterocycles. The van der Waals surface area contributed by atoms with Crippen LogP contribution in [0.15, 0.2) is 30.3 Å². The second kappa shape index (κ2) is 8.61. The first-order chi connectivity index (χ1) is 15.0. The molecule has 2 aliphatic rings. The highest BCUT2D eigenvalue weighted by Gasteiger charge is 2.47. The van der Waals surface area contributed by atoms with Gasteiger partial charge in [-0.1, -0.05) is 24.6 Å². The molecule has 0 amide bonds. The lowest BCUT2D eigenvalue weighted by molar-refractivity contribution is -0.163. The molecule has 0 aliphatic heterocycles. The summed E-state index contributed by atoms with van der Waals surface area (Å²) in [4.78, 5) is 24.9. The summed E-state index contributed by atoms with van der Waals surface area (Å²) in [5, 5.41) is 0. The molecular formula is C25H28O6. The van der Waals surface area contributed by atoms with E-state index in [0.29, 0.717) is 36.7 Å². The quantitative estimate of drug-likeness (QED) is 0.576. The van der Waals surface area contributed by atoms with Gasteiger partial charge in [0.25, 0.3) is 0 Å². The molecule has 0 unspecified atom stereocenters. The van der Waals surface area contributed by atoms with Gasteiger partial charge in [-0.05, 0) is 49.4 Å². The molecule has 0 atom stereocenters. The third-order valence-corrected chi connectivity index (χ3v) is 6.38. The molecule has 1 saturated carbocycles. The number of hydrogen-bond donors (Lipinski definition) is 0. The Hall–Kier alpha value is -3.02. The van der Waals surface area contributed by atoms with Gasteiger partial charge in [0.05, 0.1) is 20.8 Å². The summed E-state index contributed by atoms with van der Waals surface area (Å²) in [6.07, 6.45) is 3.66. The molecule has 31 heavy (non-hydrogen) atoms. The van der Waals surface area contributed by atoms with Crippen LogP contribution in [-0.4, -0.2) is 39.2 Å². The fourth-order valence-corrected chi connectivity index (χ4v) is 4.50. The number of methoxy groups -OCH3 is 2. The smallest absolute Gasteiger partial charge is 0.315 e. The summed E-state index contributed by atoms with van der Waals surface area (Å²) >= 11 is 0. The SMILES string of the molecule is CCOC(=O)C1(COc2c(-c3cccc4c3CCC4=O)ccc(OC)c2OC)CCC1. The van der Waals surface area contributed by atoms with Crippen molar-refractivity contribution >= 4 is 11.8 Å². The van der Waals surface area contributed by atoms with Crippen molar-refractivity contribution in [2.45, 2.75) is 39.0 Å². The van der Waals surface area contributed by atoms with Crippen LogP contribution in [0.25, 0.3) is 11.1 Å². The lowest BCUT2D eigenvalue weighted by atomic mass is 9.69. The largest absolute Gasteiger partial charge is 0.493 e. The number of Topliss-reactive ketones (excluding diaryl/α,β-unsaturated/α-hetero) is 1. The van der Waals surface area contributed by atoms with Crippen molar-refractivity contribution in [2.24, 2.45) is 5.41 Å². The van der Waals surface area contributed by atoms with Crippen molar-refractivity contribution < 1.29 is 28.5 Å².